The smallest absolute Gasteiger partial charge is 0.257 e. The number of nitrogens with zero attached hydrogens (tertiary/aromatic N) is 1. The summed E-state index contributed by atoms with van der Waals surface area (Å²) < 4.78 is 15.9. The lowest BCUT2D eigenvalue weighted by atomic mass is 9.88. The first-order chi connectivity index (χ1) is 11.7. The number of carbonyl (C=O) groups excluding carboxylic acids is 1. The first kappa shape index (κ1) is 16.6. The van der Waals surface area contributed by atoms with E-state index in [4.69, 9.17) is 13.9 Å². The van der Waals surface area contributed by atoms with Crippen molar-refractivity contribution < 1.29 is 18.7 Å². The fraction of sp³-hybridized carbons (Fsp3) is 0.421. The molecular weight excluding hydrogens is 306 g/mol. The minimum atomic E-state index is 0.0260. The van der Waals surface area contributed by atoms with Gasteiger partial charge in [-0.25, -0.2) is 0 Å². The number of rotatable bonds is 5. The number of piperidine rings is 1. The van der Waals surface area contributed by atoms with Crippen molar-refractivity contribution in [3.05, 3.63) is 54.0 Å². The normalized spacial score (nSPS) is 20.8. The SMILES string of the molecule is COc1ccc(C[C@H]2CN(C(=O)c3ccoc3)CC[C@H]2OC)cc1. The van der Waals surface area contributed by atoms with Crippen LogP contribution >= 0.6 is 0 Å². The largest absolute Gasteiger partial charge is 0.497 e. The van der Waals surface area contributed by atoms with Gasteiger partial charge in [-0.05, 0) is 36.6 Å². The molecule has 0 unspecified atom stereocenters. The lowest BCUT2D eigenvalue weighted by molar-refractivity contribution is -0.00301. The molecule has 0 saturated carbocycles. The van der Waals surface area contributed by atoms with Crippen molar-refractivity contribution in [1.82, 2.24) is 4.90 Å². The van der Waals surface area contributed by atoms with Gasteiger partial charge in [-0.3, -0.25) is 4.79 Å². The number of amides is 1. The highest BCUT2D eigenvalue weighted by atomic mass is 16.5. The number of methoxy groups -OCH3 is 2. The average Bonchev–Trinajstić information content (AvgIpc) is 3.16. The van der Waals surface area contributed by atoms with Gasteiger partial charge in [-0.2, -0.15) is 0 Å². The molecule has 0 aliphatic carbocycles. The Morgan fingerprint density at radius 2 is 2.04 bits per heavy atom. The molecule has 1 aliphatic heterocycles. The summed E-state index contributed by atoms with van der Waals surface area (Å²) in [5.41, 5.74) is 1.83. The van der Waals surface area contributed by atoms with E-state index in [-0.39, 0.29) is 17.9 Å². The van der Waals surface area contributed by atoms with Crippen LogP contribution in [0, 0.1) is 5.92 Å². The predicted molar refractivity (Wildman–Crippen MR) is 90.2 cm³/mol. The number of carbonyl (C=O) groups is 1. The molecule has 24 heavy (non-hydrogen) atoms. The molecule has 0 bridgehead atoms. The third-order valence-corrected chi connectivity index (χ3v) is 4.68. The van der Waals surface area contributed by atoms with Crippen LogP contribution in [0.3, 0.4) is 0 Å². The van der Waals surface area contributed by atoms with Crippen molar-refractivity contribution in [3.63, 3.8) is 0 Å². The molecule has 5 nitrogen and oxygen atoms in total. The van der Waals surface area contributed by atoms with Crippen LogP contribution in [0.1, 0.15) is 22.3 Å². The second kappa shape index (κ2) is 7.53. The van der Waals surface area contributed by atoms with Crippen LogP contribution in [0.15, 0.2) is 47.3 Å². The zero-order chi connectivity index (χ0) is 16.9. The number of benzene rings is 1. The summed E-state index contributed by atoms with van der Waals surface area (Å²) in [6, 6.07) is 9.79. The molecule has 1 aliphatic rings. The summed E-state index contributed by atoms with van der Waals surface area (Å²) in [7, 11) is 3.41. The summed E-state index contributed by atoms with van der Waals surface area (Å²) >= 11 is 0. The van der Waals surface area contributed by atoms with Gasteiger partial charge < -0.3 is 18.8 Å². The Morgan fingerprint density at radius 3 is 2.67 bits per heavy atom. The van der Waals surface area contributed by atoms with E-state index in [1.165, 1.54) is 18.1 Å². The standard InChI is InChI=1S/C19H23NO4/c1-22-17-5-3-14(4-6-17)11-16-12-20(9-7-18(16)23-2)19(21)15-8-10-24-13-15/h3-6,8,10,13,16,18H,7,9,11-12H2,1-2H3/t16-,18+/m0/s1. The topological polar surface area (TPSA) is 51.9 Å². The van der Waals surface area contributed by atoms with Crippen molar-refractivity contribution in [2.75, 3.05) is 27.3 Å². The van der Waals surface area contributed by atoms with Crippen molar-refractivity contribution in [3.8, 4) is 5.75 Å². The van der Waals surface area contributed by atoms with Gasteiger partial charge in [-0.15, -0.1) is 0 Å². The first-order valence-corrected chi connectivity index (χ1v) is 8.18. The highest BCUT2D eigenvalue weighted by molar-refractivity contribution is 5.93. The second-order valence-electron chi connectivity index (χ2n) is 6.14. The van der Waals surface area contributed by atoms with Gasteiger partial charge in [0.25, 0.3) is 5.91 Å². The van der Waals surface area contributed by atoms with Crippen molar-refractivity contribution >= 4 is 5.91 Å². The van der Waals surface area contributed by atoms with Gasteiger partial charge in [0.15, 0.2) is 0 Å². The summed E-state index contributed by atoms with van der Waals surface area (Å²) in [6.07, 6.45) is 4.92. The van der Waals surface area contributed by atoms with E-state index in [1.807, 2.05) is 17.0 Å². The molecule has 128 valence electrons. The van der Waals surface area contributed by atoms with Crippen LogP contribution < -0.4 is 4.74 Å². The zero-order valence-corrected chi connectivity index (χ0v) is 14.1. The predicted octanol–water partition coefficient (Wildman–Crippen LogP) is 3.01. The maximum Gasteiger partial charge on any atom is 0.257 e. The molecule has 1 amide bonds. The van der Waals surface area contributed by atoms with Crippen LogP contribution in [-0.4, -0.2) is 44.2 Å². The van der Waals surface area contributed by atoms with Gasteiger partial charge in [0, 0.05) is 26.1 Å². The monoisotopic (exact) mass is 329 g/mol. The molecule has 0 spiro atoms. The van der Waals surface area contributed by atoms with E-state index in [0.29, 0.717) is 18.7 Å². The molecule has 1 fully saturated rings. The Hall–Kier alpha value is -2.27. The van der Waals surface area contributed by atoms with Gasteiger partial charge >= 0.3 is 0 Å². The number of hydrogen-bond donors (Lipinski definition) is 0. The quantitative estimate of drug-likeness (QED) is 0.846. The number of likely N-dealkylation sites (tertiary alicyclic amines) is 1. The molecule has 1 aromatic heterocycles. The highest BCUT2D eigenvalue weighted by Crippen LogP contribution is 2.25. The average molecular weight is 329 g/mol. The lowest BCUT2D eigenvalue weighted by Gasteiger charge is -2.38. The van der Waals surface area contributed by atoms with Gasteiger partial charge in [0.05, 0.1) is 25.0 Å². The molecule has 1 aromatic carbocycles. The van der Waals surface area contributed by atoms with Gasteiger partial charge in [0.1, 0.15) is 12.0 Å². The Balaban J connectivity index is 1.69. The zero-order valence-electron chi connectivity index (χ0n) is 14.1. The lowest BCUT2D eigenvalue weighted by Crippen LogP contribution is -2.47. The van der Waals surface area contributed by atoms with E-state index in [1.54, 1.807) is 20.3 Å². The third-order valence-electron chi connectivity index (χ3n) is 4.68. The molecule has 2 aromatic rings. The van der Waals surface area contributed by atoms with Crippen LogP contribution in [0.4, 0.5) is 0 Å². The van der Waals surface area contributed by atoms with Crippen LogP contribution in [0.25, 0.3) is 0 Å². The molecular formula is C19H23NO4. The van der Waals surface area contributed by atoms with Crippen LogP contribution in [-0.2, 0) is 11.2 Å². The van der Waals surface area contributed by atoms with Gasteiger partial charge in [0.2, 0.25) is 0 Å². The molecule has 5 heteroatoms. The van der Waals surface area contributed by atoms with E-state index in [2.05, 4.69) is 12.1 Å². The number of ether oxygens (including phenoxy) is 2. The van der Waals surface area contributed by atoms with Crippen LogP contribution in [0.5, 0.6) is 5.75 Å². The Kier molecular flexibility index (Phi) is 5.20. The van der Waals surface area contributed by atoms with Crippen molar-refractivity contribution in [1.29, 1.82) is 0 Å². The summed E-state index contributed by atoms with van der Waals surface area (Å²) in [6.45, 7) is 1.40. The maximum atomic E-state index is 12.5. The van der Waals surface area contributed by atoms with E-state index >= 15 is 0 Å². The second-order valence-corrected chi connectivity index (χ2v) is 6.14. The molecule has 3 rings (SSSR count). The summed E-state index contributed by atoms with van der Waals surface area (Å²) in [5.74, 6) is 1.15. The third kappa shape index (κ3) is 3.62. The maximum absolute atomic E-state index is 12.5. The summed E-state index contributed by atoms with van der Waals surface area (Å²) in [5, 5.41) is 0. The van der Waals surface area contributed by atoms with Crippen molar-refractivity contribution in [2.24, 2.45) is 5.92 Å². The highest BCUT2D eigenvalue weighted by Gasteiger charge is 2.32. The number of furan rings is 1. The summed E-state index contributed by atoms with van der Waals surface area (Å²) in [4.78, 5) is 14.4. The molecule has 0 radical (unpaired) electrons. The Morgan fingerprint density at radius 1 is 1.25 bits per heavy atom. The van der Waals surface area contributed by atoms with Crippen LogP contribution in [0.2, 0.25) is 0 Å². The fourth-order valence-corrected chi connectivity index (χ4v) is 3.33. The Bertz CT molecular complexity index is 651. The van der Waals surface area contributed by atoms with E-state index in [0.717, 1.165) is 18.6 Å². The van der Waals surface area contributed by atoms with E-state index in [9.17, 15) is 4.79 Å². The Labute approximate surface area is 142 Å². The molecule has 2 heterocycles. The molecule has 1 saturated heterocycles. The fourth-order valence-electron chi connectivity index (χ4n) is 3.33. The minimum Gasteiger partial charge on any atom is -0.497 e. The molecule has 2 atom stereocenters. The minimum absolute atomic E-state index is 0.0260. The van der Waals surface area contributed by atoms with Crippen molar-refractivity contribution in [2.45, 2.75) is 18.9 Å². The van der Waals surface area contributed by atoms with E-state index < -0.39 is 0 Å². The number of hydrogen-bond acceptors (Lipinski definition) is 4. The first-order valence-electron chi connectivity index (χ1n) is 8.18. The molecule has 0 N–H and O–H groups in total. The van der Waals surface area contributed by atoms with Gasteiger partial charge in [-0.1, -0.05) is 12.1 Å².